The number of benzene rings is 2. The van der Waals surface area contributed by atoms with Crippen LogP contribution in [0.25, 0.3) is 22.8 Å². The van der Waals surface area contributed by atoms with Gasteiger partial charge in [-0.25, -0.2) is 0 Å². The van der Waals surface area contributed by atoms with E-state index in [0.29, 0.717) is 22.8 Å². The van der Waals surface area contributed by atoms with Crippen LogP contribution in [0, 0.1) is 6.92 Å². The zero-order valence-corrected chi connectivity index (χ0v) is 15.8. The molecule has 0 spiro atoms. The Hall–Kier alpha value is -3.68. The molecule has 0 aliphatic rings. The lowest BCUT2D eigenvalue weighted by atomic mass is 10.1. The van der Waals surface area contributed by atoms with E-state index < -0.39 is 17.3 Å². The minimum atomic E-state index is -4.51. The van der Waals surface area contributed by atoms with Crippen LogP contribution in [0.15, 0.2) is 76.2 Å². The molecule has 0 atom stereocenters. The highest BCUT2D eigenvalue weighted by Gasteiger charge is 2.31. The van der Waals surface area contributed by atoms with E-state index in [9.17, 15) is 18.0 Å². The lowest BCUT2D eigenvalue weighted by Gasteiger charge is -2.11. The molecule has 0 saturated carbocycles. The van der Waals surface area contributed by atoms with E-state index >= 15 is 0 Å². The van der Waals surface area contributed by atoms with E-state index in [0.717, 1.165) is 34.0 Å². The van der Waals surface area contributed by atoms with Crippen LogP contribution in [0.1, 0.15) is 16.7 Å². The van der Waals surface area contributed by atoms with Crippen LogP contribution in [0.3, 0.4) is 0 Å². The molecule has 2 aromatic heterocycles. The van der Waals surface area contributed by atoms with Gasteiger partial charge >= 0.3 is 6.18 Å². The summed E-state index contributed by atoms with van der Waals surface area (Å²) in [7, 11) is 0. The van der Waals surface area contributed by atoms with Gasteiger partial charge in [-0.15, -0.1) is 0 Å². The smallest absolute Gasteiger partial charge is 0.334 e. The van der Waals surface area contributed by atoms with Crippen molar-refractivity contribution < 1.29 is 17.7 Å². The predicted octanol–water partition coefficient (Wildman–Crippen LogP) is 4.94. The molecule has 0 aliphatic carbocycles. The van der Waals surface area contributed by atoms with Crippen LogP contribution in [-0.4, -0.2) is 14.7 Å². The second-order valence-corrected chi connectivity index (χ2v) is 6.87. The van der Waals surface area contributed by atoms with Gasteiger partial charge in [0, 0.05) is 23.4 Å². The summed E-state index contributed by atoms with van der Waals surface area (Å²) in [6, 6.07) is 16.3. The van der Waals surface area contributed by atoms with E-state index in [1.165, 1.54) is 0 Å². The molecule has 2 heterocycles. The molecule has 0 fully saturated rings. The summed E-state index contributed by atoms with van der Waals surface area (Å²) in [6.45, 7) is 2.00. The molecule has 5 nitrogen and oxygen atoms in total. The molecule has 2 aromatic carbocycles. The fourth-order valence-corrected chi connectivity index (χ4v) is 2.93. The summed E-state index contributed by atoms with van der Waals surface area (Å²) in [5.41, 5.74) is 1.91. The van der Waals surface area contributed by atoms with Gasteiger partial charge in [0.25, 0.3) is 11.4 Å². The van der Waals surface area contributed by atoms with Crippen LogP contribution in [0.4, 0.5) is 13.2 Å². The van der Waals surface area contributed by atoms with Gasteiger partial charge in [-0.05, 0) is 30.7 Å². The molecular formula is C22H16F3N3O2. The van der Waals surface area contributed by atoms with Gasteiger partial charge < -0.3 is 9.09 Å². The fourth-order valence-electron chi connectivity index (χ4n) is 2.93. The Kier molecular flexibility index (Phi) is 4.99. The normalized spacial score (nSPS) is 11.6. The van der Waals surface area contributed by atoms with Crippen molar-refractivity contribution in [3.8, 4) is 22.8 Å². The van der Waals surface area contributed by atoms with E-state index in [1.54, 1.807) is 24.3 Å². The molecule has 0 saturated heterocycles. The molecule has 8 heteroatoms. The Morgan fingerprint density at radius 3 is 2.27 bits per heavy atom. The van der Waals surface area contributed by atoms with Crippen LogP contribution < -0.4 is 5.56 Å². The molecule has 0 unspecified atom stereocenters. The molecule has 0 N–H and O–H groups in total. The molecule has 4 aromatic rings. The number of aryl methyl sites for hydroxylation is 1. The maximum atomic E-state index is 12.9. The van der Waals surface area contributed by atoms with Gasteiger partial charge in [-0.3, -0.25) is 4.79 Å². The third-order valence-electron chi connectivity index (χ3n) is 4.60. The Bertz CT molecular complexity index is 1220. The average molecular weight is 411 g/mol. The summed E-state index contributed by atoms with van der Waals surface area (Å²) in [5, 5.41) is 3.99. The van der Waals surface area contributed by atoms with Crippen LogP contribution in [0.2, 0.25) is 0 Å². The number of halogens is 3. The van der Waals surface area contributed by atoms with Crippen molar-refractivity contribution in [3.05, 3.63) is 93.9 Å². The first kappa shape index (κ1) is 19.6. The maximum absolute atomic E-state index is 12.9. The monoisotopic (exact) mass is 411 g/mol. The third kappa shape index (κ3) is 4.17. The molecular weight excluding hydrogens is 395 g/mol. The minimum Gasteiger partial charge on any atom is -0.334 e. The summed E-state index contributed by atoms with van der Waals surface area (Å²) in [5.74, 6) is 0.790. The third-order valence-corrected chi connectivity index (χ3v) is 4.60. The van der Waals surface area contributed by atoms with Crippen molar-refractivity contribution in [2.45, 2.75) is 19.6 Å². The number of hydrogen-bond acceptors (Lipinski definition) is 4. The number of pyridine rings is 1. The van der Waals surface area contributed by atoms with Crippen molar-refractivity contribution >= 4 is 0 Å². The highest BCUT2D eigenvalue weighted by atomic mass is 19.4. The molecule has 0 radical (unpaired) electrons. The molecule has 30 heavy (non-hydrogen) atoms. The average Bonchev–Trinajstić information content (AvgIpc) is 3.20. The number of alkyl halides is 3. The van der Waals surface area contributed by atoms with Gasteiger partial charge in [0.15, 0.2) is 0 Å². The van der Waals surface area contributed by atoms with Crippen LogP contribution >= 0.6 is 0 Å². The molecule has 152 valence electrons. The molecule has 0 aliphatic heterocycles. The molecule has 4 rings (SSSR count). The van der Waals surface area contributed by atoms with E-state index in [1.807, 2.05) is 31.2 Å². The summed E-state index contributed by atoms with van der Waals surface area (Å²) < 4.78 is 45.0. The van der Waals surface area contributed by atoms with Crippen molar-refractivity contribution in [3.63, 3.8) is 0 Å². The summed E-state index contributed by atoms with van der Waals surface area (Å²) >= 11 is 0. The minimum absolute atomic E-state index is 0.0178. The predicted molar refractivity (Wildman–Crippen MR) is 105 cm³/mol. The Labute approximate surface area is 169 Å². The van der Waals surface area contributed by atoms with Crippen molar-refractivity contribution in [1.29, 1.82) is 0 Å². The summed E-state index contributed by atoms with van der Waals surface area (Å²) in [6.07, 6.45) is -3.68. The fraction of sp³-hybridized carbons (Fsp3) is 0.136. The largest absolute Gasteiger partial charge is 0.417 e. The summed E-state index contributed by atoms with van der Waals surface area (Å²) in [4.78, 5) is 16.3. The number of aromatic nitrogens is 3. The maximum Gasteiger partial charge on any atom is 0.417 e. The van der Waals surface area contributed by atoms with Gasteiger partial charge in [0.1, 0.15) is 0 Å². The molecule has 0 amide bonds. The van der Waals surface area contributed by atoms with Crippen LogP contribution in [0.5, 0.6) is 0 Å². The lowest BCUT2D eigenvalue weighted by molar-refractivity contribution is -0.138. The highest BCUT2D eigenvalue weighted by Crippen LogP contribution is 2.28. The SMILES string of the molecule is Cc1ccc(-c2nc(-c3ccc(Cn4cc(C(F)(F)F)ccc4=O)cc3)no2)cc1. The zero-order valence-electron chi connectivity index (χ0n) is 15.8. The number of hydrogen-bond donors (Lipinski definition) is 0. The van der Waals surface area contributed by atoms with Gasteiger partial charge in [0.2, 0.25) is 5.82 Å². The van der Waals surface area contributed by atoms with Crippen molar-refractivity contribution in [2.75, 3.05) is 0 Å². The van der Waals surface area contributed by atoms with E-state index in [2.05, 4.69) is 10.1 Å². The Balaban J connectivity index is 1.54. The van der Waals surface area contributed by atoms with E-state index in [-0.39, 0.29) is 6.54 Å². The van der Waals surface area contributed by atoms with Gasteiger partial charge in [-0.1, -0.05) is 47.1 Å². The quantitative estimate of drug-likeness (QED) is 0.477. The highest BCUT2D eigenvalue weighted by molar-refractivity contribution is 5.60. The first-order valence-electron chi connectivity index (χ1n) is 9.07. The lowest BCUT2D eigenvalue weighted by Crippen LogP contribution is -2.21. The van der Waals surface area contributed by atoms with Crippen molar-refractivity contribution in [1.82, 2.24) is 14.7 Å². The van der Waals surface area contributed by atoms with Crippen LogP contribution in [-0.2, 0) is 12.7 Å². The first-order valence-corrected chi connectivity index (χ1v) is 9.07. The number of rotatable bonds is 4. The van der Waals surface area contributed by atoms with E-state index in [4.69, 9.17) is 4.52 Å². The first-order chi connectivity index (χ1) is 14.3. The topological polar surface area (TPSA) is 60.9 Å². The second-order valence-electron chi connectivity index (χ2n) is 6.87. The Morgan fingerprint density at radius 2 is 1.60 bits per heavy atom. The molecule has 0 bridgehead atoms. The van der Waals surface area contributed by atoms with Gasteiger partial charge in [0.05, 0.1) is 12.1 Å². The van der Waals surface area contributed by atoms with Crippen molar-refractivity contribution in [2.24, 2.45) is 0 Å². The number of nitrogens with zero attached hydrogens (tertiary/aromatic N) is 3. The Morgan fingerprint density at radius 1 is 0.933 bits per heavy atom. The zero-order chi connectivity index (χ0) is 21.3. The standard InChI is InChI=1S/C22H16F3N3O2/c1-14-2-6-17(7-3-14)21-26-20(27-30-21)16-8-4-15(5-9-16)12-28-13-18(22(23,24)25)10-11-19(28)29/h2-11,13H,12H2,1H3. The second kappa shape index (κ2) is 7.62. The van der Waals surface area contributed by atoms with Gasteiger partial charge in [-0.2, -0.15) is 18.2 Å².